The molecule has 15 heavy (non-hydrogen) atoms. The second kappa shape index (κ2) is 8.51. The molecule has 0 N–H and O–H groups in total. The van der Waals surface area contributed by atoms with Crippen LogP contribution in [-0.4, -0.2) is 12.6 Å². The fourth-order valence-electron chi connectivity index (χ4n) is 1.51. The molecule has 2 heteroatoms. The standard InChI is InChI=1S/C13H24O2/c1-5-12(9-7-8-11(3)4)10-13(14)15-6-2/h8,12H,5-7,9-10H2,1-4H3/t12-/m1/s1. The first-order chi connectivity index (χ1) is 7.10. The molecule has 1 atom stereocenters. The summed E-state index contributed by atoms with van der Waals surface area (Å²) in [6.07, 6.45) is 6.00. The molecule has 0 aliphatic rings. The minimum atomic E-state index is -0.0541. The molecule has 0 unspecified atom stereocenters. The van der Waals surface area contributed by atoms with Gasteiger partial charge in [-0.25, -0.2) is 0 Å². The van der Waals surface area contributed by atoms with E-state index in [9.17, 15) is 4.79 Å². The molecule has 0 aliphatic heterocycles. The van der Waals surface area contributed by atoms with E-state index in [0.29, 0.717) is 18.9 Å². The fourth-order valence-corrected chi connectivity index (χ4v) is 1.51. The number of hydrogen-bond acceptors (Lipinski definition) is 2. The lowest BCUT2D eigenvalue weighted by Gasteiger charge is -2.12. The second-order valence-corrected chi connectivity index (χ2v) is 4.14. The molecule has 0 saturated heterocycles. The van der Waals surface area contributed by atoms with Gasteiger partial charge in [-0.1, -0.05) is 25.0 Å². The Morgan fingerprint density at radius 3 is 2.47 bits per heavy atom. The molecule has 0 aromatic rings. The van der Waals surface area contributed by atoms with Gasteiger partial charge in [0.15, 0.2) is 0 Å². The lowest BCUT2D eigenvalue weighted by molar-refractivity contribution is -0.144. The first-order valence-electron chi connectivity index (χ1n) is 5.89. The fraction of sp³-hybridized carbons (Fsp3) is 0.769. The van der Waals surface area contributed by atoms with E-state index >= 15 is 0 Å². The molecule has 0 aromatic carbocycles. The highest BCUT2D eigenvalue weighted by Crippen LogP contribution is 2.17. The van der Waals surface area contributed by atoms with E-state index in [4.69, 9.17) is 4.74 Å². The van der Waals surface area contributed by atoms with Crippen LogP contribution < -0.4 is 0 Å². The van der Waals surface area contributed by atoms with Crippen molar-refractivity contribution in [3.63, 3.8) is 0 Å². The summed E-state index contributed by atoms with van der Waals surface area (Å²) in [7, 11) is 0. The number of allylic oxidation sites excluding steroid dienone is 2. The largest absolute Gasteiger partial charge is 0.466 e. The molecular formula is C13H24O2. The topological polar surface area (TPSA) is 26.3 Å². The Kier molecular flexibility index (Phi) is 8.06. The molecule has 0 fully saturated rings. The van der Waals surface area contributed by atoms with Gasteiger partial charge in [0.2, 0.25) is 0 Å². The van der Waals surface area contributed by atoms with Crippen molar-refractivity contribution in [1.29, 1.82) is 0 Å². The molecule has 0 bridgehead atoms. The van der Waals surface area contributed by atoms with Gasteiger partial charge < -0.3 is 4.74 Å². The van der Waals surface area contributed by atoms with Crippen LogP contribution in [0.25, 0.3) is 0 Å². The van der Waals surface area contributed by atoms with Crippen LogP contribution in [0.1, 0.15) is 53.4 Å². The number of rotatable bonds is 7. The van der Waals surface area contributed by atoms with E-state index in [2.05, 4.69) is 26.8 Å². The number of carbonyl (C=O) groups is 1. The summed E-state index contributed by atoms with van der Waals surface area (Å²) in [6.45, 7) is 8.68. The molecule has 0 rings (SSSR count). The van der Waals surface area contributed by atoms with Crippen molar-refractivity contribution < 1.29 is 9.53 Å². The average Bonchev–Trinajstić information content (AvgIpc) is 2.16. The van der Waals surface area contributed by atoms with Crippen LogP contribution in [0.3, 0.4) is 0 Å². The number of carbonyl (C=O) groups excluding carboxylic acids is 1. The van der Waals surface area contributed by atoms with Crippen molar-refractivity contribution in [3.05, 3.63) is 11.6 Å². The highest BCUT2D eigenvalue weighted by molar-refractivity contribution is 5.69. The summed E-state index contributed by atoms with van der Waals surface area (Å²) < 4.78 is 4.95. The minimum absolute atomic E-state index is 0.0541. The minimum Gasteiger partial charge on any atom is -0.466 e. The summed E-state index contributed by atoms with van der Waals surface area (Å²) in [5.74, 6) is 0.418. The van der Waals surface area contributed by atoms with Crippen LogP contribution >= 0.6 is 0 Å². The van der Waals surface area contributed by atoms with E-state index < -0.39 is 0 Å². The normalized spacial score (nSPS) is 12.0. The van der Waals surface area contributed by atoms with Crippen molar-refractivity contribution in [2.24, 2.45) is 5.92 Å². The van der Waals surface area contributed by atoms with Gasteiger partial charge in [0.25, 0.3) is 0 Å². The maximum atomic E-state index is 11.3. The van der Waals surface area contributed by atoms with E-state index in [1.807, 2.05) is 6.92 Å². The third-order valence-electron chi connectivity index (χ3n) is 2.47. The van der Waals surface area contributed by atoms with Crippen LogP contribution in [-0.2, 0) is 9.53 Å². The molecule has 0 amide bonds. The third kappa shape index (κ3) is 8.22. The van der Waals surface area contributed by atoms with Crippen LogP contribution in [0, 0.1) is 5.92 Å². The molecule has 0 saturated carbocycles. The van der Waals surface area contributed by atoms with Crippen molar-refractivity contribution >= 4 is 5.97 Å². The molecule has 0 radical (unpaired) electrons. The van der Waals surface area contributed by atoms with Crippen LogP contribution in [0.15, 0.2) is 11.6 Å². The first kappa shape index (κ1) is 14.2. The number of esters is 1. The lowest BCUT2D eigenvalue weighted by atomic mass is 9.96. The van der Waals surface area contributed by atoms with Crippen molar-refractivity contribution in [2.45, 2.75) is 53.4 Å². The van der Waals surface area contributed by atoms with Gasteiger partial charge in [0.1, 0.15) is 0 Å². The monoisotopic (exact) mass is 212 g/mol. The summed E-state index contributed by atoms with van der Waals surface area (Å²) in [4.78, 5) is 11.3. The Balaban J connectivity index is 3.82. The highest BCUT2D eigenvalue weighted by Gasteiger charge is 2.11. The van der Waals surface area contributed by atoms with Gasteiger partial charge in [-0.05, 0) is 39.5 Å². The zero-order chi connectivity index (χ0) is 11.7. The van der Waals surface area contributed by atoms with Gasteiger partial charge in [0.05, 0.1) is 6.61 Å². The maximum absolute atomic E-state index is 11.3. The van der Waals surface area contributed by atoms with E-state index in [0.717, 1.165) is 19.3 Å². The Bertz CT molecular complexity index is 203. The second-order valence-electron chi connectivity index (χ2n) is 4.14. The third-order valence-corrected chi connectivity index (χ3v) is 2.47. The van der Waals surface area contributed by atoms with Crippen molar-refractivity contribution in [2.75, 3.05) is 6.61 Å². The maximum Gasteiger partial charge on any atom is 0.306 e. The number of ether oxygens (including phenoxy) is 1. The lowest BCUT2D eigenvalue weighted by Crippen LogP contribution is -2.10. The Morgan fingerprint density at radius 1 is 1.33 bits per heavy atom. The summed E-state index contributed by atoms with van der Waals surface area (Å²) in [6, 6.07) is 0. The van der Waals surface area contributed by atoms with Crippen LogP contribution in [0.4, 0.5) is 0 Å². The summed E-state index contributed by atoms with van der Waals surface area (Å²) in [5.41, 5.74) is 1.35. The zero-order valence-corrected chi connectivity index (χ0v) is 10.5. The Morgan fingerprint density at radius 2 is 2.00 bits per heavy atom. The SMILES string of the molecule is CCOC(=O)C[C@H](CC)CCC=C(C)C. The molecule has 0 aliphatic carbocycles. The molecule has 0 aromatic heterocycles. The van der Waals surface area contributed by atoms with Gasteiger partial charge in [-0.3, -0.25) is 4.79 Å². The highest BCUT2D eigenvalue weighted by atomic mass is 16.5. The predicted octanol–water partition coefficient (Wildman–Crippen LogP) is 3.71. The van der Waals surface area contributed by atoms with Gasteiger partial charge in [-0.15, -0.1) is 0 Å². The van der Waals surface area contributed by atoms with Crippen molar-refractivity contribution in [1.82, 2.24) is 0 Å². The van der Waals surface area contributed by atoms with Crippen LogP contribution in [0.5, 0.6) is 0 Å². The van der Waals surface area contributed by atoms with E-state index in [1.165, 1.54) is 5.57 Å². The zero-order valence-electron chi connectivity index (χ0n) is 10.5. The van der Waals surface area contributed by atoms with Gasteiger partial charge in [-0.2, -0.15) is 0 Å². The molecule has 2 nitrogen and oxygen atoms in total. The molecule has 0 spiro atoms. The smallest absolute Gasteiger partial charge is 0.306 e. The van der Waals surface area contributed by atoms with Gasteiger partial charge >= 0.3 is 5.97 Å². The first-order valence-corrected chi connectivity index (χ1v) is 5.89. The quantitative estimate of drug-likeness (QED) is 0.475. The molecular weight excluding hydrogens is 188 g/mol. The summed E-state index contributed by atoms with van der Waals surface area (Å²) in [5, 5.41) is 0. The van der Waals surface area contributed by atoms with E-state index in [-0.39, 0.29) is 5.97 Å². The van der Waals surface area contributed by atoms with Crippen molar-refractivity contribution in [3.8, 4) is 0 Å². The molecule has 88 valence electrons. The van der Waals surface area contributed by atoms with E-state index in [1.54, 1.807) is 0 Å². The number of hydrogen-bond donors (Lipinski definition) is 0. The van der Waals surface area contributed by atoms with Crippen LogP contribution in [0.2, 0.25) is 0 Å². The summed E-state index contributed by atoms with van der Waals surface area (Å²) >= 11 is 0. The average molecular weight is 212 g/mol. The van der Waals surface area contributed by atoms with Gasteiger partial charge in [0, 0.05) is 6.42 Å². The predicted molar refractivity (Wildman–Crippen MR) is 63.7 cm³/mol. The Hall–Kier alpha value is -0.790. The Labute approximate surface area is 93.7 Å². The molecule has 0 heterocycles.